The topological polar surface area (TPSA) is 47.0 Å². The lowest BCUT2D eigenvalue weighted by Crippen LogP contribution is -2.31. The van der Waals surface area contributed by atoms with E-state index in [0.717, 1.165) is 28.6 Å². The van der Waals surface area contributed by atoms with Crippen molar-refractivity contribution in [1.29, 1.82) is 0 Å². The SMILES string of the molecule is CCC(C)Nc1nc(SC)nc2sc3c(c12)CC(C)(C)OC3. The molecule has 1 unspecified atom stereocenters. The van der Waals surface area contributed by atoms with Crippen molar-refractivity contribution in [2.24, 2.45) is 0 Å². The molecule has 6 heteroatoms. The van der Waals surface area contributed by atoms with Gasteiger partial charge in [-0.1, -0.05) is 18.7 Å². The van der Waals surface area contributed by atoms with Gasteiger partial charge < -0.3 is 10.1 Å². The summed E-state index contributed by atoms with van der Waals surface area (Å²) in [5.74, 6) is 0.985. The zero-order chi connectivity index (χ0) is 15.9. The lowest BCUT2D eigenvalue weighted by molar-refractivity contribution is -0.0379. The summed E-state index contributed by atoms with van der Waals surface area (Å²) in [7, 11) is 0. The van der Waals surface area contributed by atoms with Gasteiger partial charge in [0.15, 0.2) is 5.16 Å². The number of thioether (sulfide) groups is 1. The second kappa shape index (κ2) is 5.98. The molecule has 1 atom stereocenters. The van der Waals surface area contributed by atoms with Gasteiger partial charge in [-0.05, 0) is 39.0 Å². The van der Waals surface area contributed by atoms with E-state index in [2.05, 4.69) is 33.0 Å². The summed E-state index contributed by atoms with van der Waals surface area (Å²) in [5, 5.41) is 5.61. The molecule has 0 aliphatic carbocycles. The van der Waals surface area contributed by atoms with E-state index in [1.165, 1.54) is 15.8 Å². The highest BCUT2D eigenvalue weighted by Gasteiger charge is 2.31. The summed E-state index contributed by atoms with van der Waals surface area (Å²) < 4.78 is 5.96. The maximum atomic E-state index is 5.96. The number of fused-ring (bicyclic) bond motifs is 3. The molecule has 1 N–H and O–H groups in total. The van der Waals surface area contributed by atoms with Crippen molar-refractivity contribution in [3.63, 3.8) is 0 Å². The van der Waals surface area contributed by atoms with E-state index in [1.54, 1.807) is 23.1 Å². The van der Waals surface area contributed by atoms with Crippen molar-refractivity contribution < 1.29 is 4.74 Å². The van der Waals surface area contributed by atoms with Crippen molar-refractivity contribution in [1.82, 2.24) is 9.97 Å². The van der Waals surface area contributed by atoms with Crippen LogP contribution in [0, 0.1) is 0 Å². The molecule has 0 fully saturated rings. The van der Waals surface area contributed by atoms with Crippen LogP contribution in [-0.2, 0) is 17.8 Å². The van der Waals surface area contributed by atoms with E-state index in [0.29, 0.717) is 12.6 Å². The fourth-order valence-electron chi connectivity index (χ4n) is 2.66. The number of rotatable bonds is 4. The molecule has 4 nitrogen and oxygen atoms in total. The molecule has 0 radical (unpaired) electrons. The predicted molar refractivity (Wildman–Crippen MR) is 95.1 cm³/mol. The zero-order valence-electron chi connectivity index (χ0n) is 13.8. The van der Waals surface area contributed by atoms with Crippen LogP contribution in [-0.4, -0.2) is 27.9 Å². The van der Waals surface area contributed by atoms with Crippen LogP contribution in [0.3, 0.4) is 0 Å². The average molecular weight is 338 g/mol. The highest BCUT2D eigenvalue weighted by Crippen LogP contribution is 2.41. The summed E-state index contributed by atoms with van der Waals surface area (Å²) in [5.41, 5.74) is 1.25. The van der Waals surface area contributed by atoms with E-state index in [9.17, 15) is 0 Å². The molecule has 1 aliphatic rings. The summed E-state index contributed by atoms with van der Waals surface area (Å²) in [6, 6.07) is 0.399. The molecule has 3 heterocycles. The first-order chi connectivity index (χ1) is 10.4. The number of hydrogen-bond donors (Lipinski definition) is 1. The molecule has 0 bridgehead atoms. The Morgan fingerprint density at radius 3 is 2.86 bits per heavy atom. The molecule has 3 rings (SSSR count). The second-order valence-electron chi connectivity index (χ2n) is 6.42. The van der Waals surface area contributed by atoms with Crippen LogP contribution >= 0.6 is 23.1 Å². The summed E-state index contributed by atoms with van der Waals surface area (Å²) in [4.78, 5) is 11.8. The third-order valence-corrected chi connectivity index (χ3v) is 5.74. The number of thiophene rings is 1. The highest BCUT2D eigenvalue weighted by atomic mass is 32.2. The van der Waals surface area contributed by atoms with Crippen LogP contribution in [0.2, 0.25) is 0 Å². The van der Waals surface area contributed by atoms with Crippen LogP contribution in [0.15, 0.2) is 5.16 Å². The molecular formula is C16H23N3OS2. The number of hydrogen-bond acceptors (Lipinski definition) is 6. The lowest BCUT2D eigenvalue weighted by atomic mass is 9.94. The molecule has 0 spiro atoms. The lowest BCUT2D eigenvalue weighted by Gasteiger charge is -2.30. The largest absolute Gasteiger partial charge is 0.370 e. The van der Waals surface area contributed by atoms with E-state index >= 15 is 0 Å². The number of anilines is 1. The van der Waals surface area contributed by atoms with Gasteiger partial charge in [-0.25, -0.2) is 9.97 Å². The van der Waals surface area contributed by atoms with Gasteiger partial charge in [-0.15, -0.1) is 11.3 Å². The first-order valence-electron chi connectivity index (χ1n) is 7.70. The van der Waals surface area contributed by atoms with Crippen LogP contribution in [0.25, 0.3) is 10.2 Å². The van der Waals surface area contributed by atoms with E-state index < -0.39 is 0 Å². The quantitative estimate of drug-likeness (QED) is 0.658. The first-order valence-corrected chi connectivity index (χ1v) is 9.74. The molecule has 0 saturated heterocycles. The fourth-order valence-corrected chi connectivity index (χ4v) is 4.18. The Bertz CT molecular complexity index is 696. The third-order valence-electron chi connectivity index (χ3n) is 4.09. The van der Waals surface area contributed by atoms with E-state index in [-0.39, 0.29) is 5.60 Å². The Kier molecular flexibility index (Phi) is 4.36. The Balaban J connectivity index is 2.16. The predicted octanol–water partition coefficient (Wildman–Crippen LogP) is 4.47. The van der Waals surface area contributed by atoms with Gasteiger partial charge in [-0.3, -0.25) is 0 Å². The zero-order valence-corrected chi connectivity index (χ0v) is 15.5. The number of nitrogens with one attached hydrogen (secondary N) is 1. The smallest absolute Gasteiger partial charge is 0.190 e. The van der Waals surface area contributed by atoms with Gasteiger partial charge >= 0.3 is 0 Å². The van der Waals surface area contributed by atoms with Crippen molar-refractivity contribution in [3.05, 3.63) is 10.4 Å². The molecule has 22 heavy (non-hydrogen) atoms. The van der Waals surface area contributed by atoms with Crippen molar-refractivity contribution in [3.8, 4) is 0 Å². The maximum absolute atomic E-state index is 5.96. The number of aromatic nitrogens is 2. The molecule has 120 valence electrons. The molecular weight excluding hydrogens is 314 g/mol. The van der Waals surface area contributed by atoms with Crippen LogP contribution in [0.4, 0.5) is 5.82 Å². The Hall–Kier alpha value is -0.850. The van der Waals surface area contributed by atoms with Crippen molar-refractivity contribution in [2.75, 3.05) is 11.6 Å². The Morgan fingerprint density at radius 1 is 1.41 bits per heavy atom. The van der Waals surface area contributed by atoms with E-state index in [4.69, 9.17) is 14.7 Å². The minimum absolute atomic E-state index is 0.118. The standard InChI is InChI=1S/C16H23N3OS2/c1-6-9(2)17-13-12-10-7-16(3,4)20-8-11(10)22-14(12)19-15(18-13)21-5/h9H,6-8H2,1-5H3,(H,17,18,19). The first kappa shape index (κ1) is 16.0. The van der Waals surface area contributed by atoms with Gasteiger partial charge in [0.05, 0.1) is 17.6 Å². The third kappa shape index (κ3) is 2.96. The van der Waals surface area contributed by atoms with Gasteiger partial charge in [0.1, 0.15) is 10.6 Å². The minimum atomic E-state index is -0.118. The van der Waals surface area contributed by atoms with Gasteiger partial charge in [-0.2, -0.15) is 0 Å². The Labute approximate surface area is 140 Å². The summed E-state index contributed by atoms with van der Waals surface area (Å²) >= 11 is 3.34. The number of ether oxygens (including phenoxy) is 1. The maximum Gasteiger partial charge on any atom is 0.190 e. The average Bonchev–Trinajstić information content (AvgIpc) is 2.83. The molecule has 2 aromatic rings. The van der Waals surface area contributed by atoms with Crippen molar-refractivity contribution >= 4 is 39.1 Å². The summed E-state index contributed by atoms with van der Waals surface area (Å²) in [6.07, 6.45) is 4.01. The molecule has 0 amide bonds. The van der Waals surface area contributed by atoms with Gasteiger partial charge in [0, 0.05) is 17.3 Å². The second-order valence-corrected chi connectivity index (χ2v) is 8.28. The molecule has 2 aromatic heterocycles. The van der Waals surface area contributed by atoms with Crippen LogP contribution < -0.4 is 5.32 Å². The number of nitrogens with zero attached hydrogens (tertiary/aromatic N) is 2. The highest BCUT2D eigenvalue weighted by molar-refractivity contribution is 7.98. The monoisotopic (exact) mass is 337 g/mol. The molecule has 0 saturated carbocycles. The van der Waals surface area contributed by atoms with Crippen LogP contribution in [0.5, 0.6) is 0 Å². The molecule has 0 aromatic carbocycles. The fraction of sp³-hybridized carbons (Fsp3) is 0.625. The van der Waals surface area contributed by atoms with Gasteiger partial charge in [0.2, 0.25) is 0 Å². The van der Waals surface area contributed by atoms with Gasteiger partial charge in [0.25, 0.3) is 0 Å². The van der Waals surface area contributed by atoms with Crippen molar-refractivity contribution in [2.45, 2.75) is 63.9 Å². The molecule has 1 aliphatic heterocycles. The minimum Gasteiger partial charge on any atom is -0.370 e. The normalized spacial score (nSPS) is 18.2. The van der Waals surface area contributed by atoms with Crippen LogP contribution in [0.1, 0.15) is 44.6 Å². The Morgan fingerprint density at radius 2 is 2.18 bits per heavy atom. The van der Waals surface area contributed by atoms with E-state index in [1.807, 2.05) is 6.26 Å². The summed E-state index contributed by atoms with van der Waals surface area (Å²) in [6.45, 7) is 9.36.